The lowest BCUT2D eigenvalue weighted by molar-refractivity contribution is -0.158. The van der Waals surface area contributed by atoms with Crippen molar-refractivity contribution in [2.75, 3.05) is 11.5 Å². The van der Waals surface area contributed by atoms with Crippen molar-refractivity contribution in [1.29, 1.82) is 0 Å². The van der Waals surface area contributed by atoms with E-state index < -0.39 is 35.2 Å². The summed E-state index contributed by atoms with van der Waals surface area (Å²) in [5, 5.41) is 5.13. The predicted octanol–water partition coefficient (Wildman–Crippen LogP) is 2.06. The van der Waals surface area contributed by atoms with Gasteiger partial charge in [-0.25, -0.2) is 9.59 Å². The molecule has 2 amide bonds. The molecule has 0 fully saturated rings. The molecule has 0 heterocycles. The van der Waals surface area contributed by atoms with Gasteiger partial charge in [0.15, 0.2) is 0 Å². The van der Waals surface area contributed by atoms with Crippen molar-refractivity contribution in [2.24, 2.45) is 0 Å². The molecule has 2 N–H and O–H groups in total. The van der Waals surface area contributed by atoms with Crippen molar-refractivity contribution in [1.82, 2.24) is 10.6 Å². The average molecular weight is 437 g/mol. The maximum Gasteiger partial charge on any atom is 0.330 e. The summed E-state index contributed by atoms with van der Waals surface area (Å²) in [7, 11) is 2.58. The summed E-state index contributed by atoms with van der Waals surface area (Å²) in [6.45, 7) is 13.1. The average Bonchev–Trinajstić information content (AvgIpc) is 2.44. The number of nitrogens with one attached hydrogen (secondary N) is 2. The molecule has 0 bridgehead atoms. The Morgan fingerprint density at radius 1 is 0.714 bits per heavy atom. The van der Waals surface area contributed by atoms with Crippen molar-refractivity contribution in [3.63, 3.8) is 0 Å². The molecule has 2 atom stereocenters. The molecule has 0 aromatic carbocycles. The Kier molecular flexibility index (Phi) is 11.0. The summed E-state index contributed by atoms with van der Waals surface area (Å²) in [4.78, 5) is 47.2. The third kappa shape index (κ3) is 13.7. The van der Waals surface area contributed by atoms with Gasteiger partial charge in [0.1, 0.15) is 23.3 Å². The lowest BCUT2D eigenvalue weighted by Gasteiger charge is -2.25. The molecule has 2 unspecified atom stereocenters. The van der Waals surface area contributed by atoms with Crippen LogP contribution < -0.4 is 10.6 Å². The molecule has 0 saturated carbocycles. The number of hydrogen-bond acceptors (Lipinski definition) is 8. The molecule has 0 spiro atoms. The van der Waals surface area contributed by atoms with Crippen molar-refractivity contribution in [3.8, 4) is 0 Å². The Morgan fingerprint density at radius 3 is 1.21 bits per heavy atom. The van der Waals surface area contributed by atoms with E-state index in [-0.39, 0.29) is 23.3 Å². The van der Waals surface area contributed by atoms with Crippen LogP contribution in [0.1, 0.15) is 55.4 Å². The molecule has 28 heavy (non-hydrogen) atoms. The highest BCUT2D eigenvalue weighted by Crippen LogP contribution is 2.24. The zero-order valence-corrected chi connectivity index (χ0v) is 19.5. The Hall–Kier alpha value is -1.42. The van der Waals surface area contributed by atoms with E-state index in [9.17, 15) is 19.2 Å². The molecule has 0 aliphatic rings. The van der Waals surface area contributed by atoms with Crippen molar-refractivity contribution >= 4 is 45.3 Å². The van der Waals surface area contributed by atoms with E-state index in [1.54, 1.807) is 41.5 Å². The lowest BCUT2D eigenvalue weighted by atomic mass is 10.2. The minimum atomic E-state index is -0.810. The van der Waals surface area contributed by atoms with Gasteiger partial charge in [-0.15, -0.1) is 0 Å². The zero-order chi connectivity index (χ0) is 22.1. The van der Waals surface area contributed by atoms with Gasteiger partial charge in [-0.2, -0.15) is 0 Å². The van der Waals surface area contributed by atoms with Crippen LogP contribution in [-0.4, -0.2) is 58.5 Å². The van der Waals surface area contributed by atoms with Crippen molar-refractivity contribution in [2.45, 2.75) is 78.7 Å². The van der Waals surface area contributed by atoms with E-state index in [4.69, 9.17) is 9.47 Å². The van der Waals surface area contributed by atoms with Crippen LogP contribution in [0.3, 0.4) is 0 Å². The summed E-state index contributed by atoms with van der Waals surface area (Å²) >= 11 is 0. The minimum Gasteiger partial charge on any atom is -0.458 e. The maximum atomic E-state index is 12.2. The fraction of sp³-hybridized carbons (Fsp3) is 0.778. The van der Waals surface area contributed by atoms with Crippen LogP contribution in [0.2, 0.25) is 0 Å². The van der Waals surface area contributed by atoms with Gasteiger partial charge in [0.2, 0.25) is 11.8 Å². The van der Waals surface area contributed by atoms with Crippen LogP contribution in [0.4, 0.5) is 0 Å². The second-order valence-corrected chi connectivity index (χ2v) is 10.7. The van der Waals surface area contributed by atoms with Gasteiger partial charge in [0.25, 0.3) is 0 Å². The third-order valence-corrected chi connectivity index (χ3v) is 5.11. The topological polar surface area (TPSA) is 111 Å². The number of carbonyl (C=O) groups excluding carboxylic acids is 4. The summed E-state index contributed by atoms with van der Waals surface area (Å²) in [6, 6.07) is -1.62. The summed E-state index contributed by atoms with van der Waals surface area (Å²) < 4.78 is 10.6. The van der Waals surface area contributed by atoms with Crippen LogP contribution in [0, 0.1) is 0 Å². The van der Waals surface area contributed by atoms with Crippen LogP contribution in [0.15, 0.2) is 0 Å². The van der Waals surface area contributed by atoms with Crippen molar-refractivity contribution in [3.05, 3.63) is 0 Å². The minimum absolute atomic E-state index is 0.250. The monoisotopic (exact) mass is 436 g/mol. The first kappa shape index (κ1) is 26.6. The fourth-order valence-corrected chi connectivity index (χ4v) is 4.10. The van der Waals surface area contributed by atoms with E-state index in [0.29, 0.717) is 0 Å². The van der Waals surface area contributed by atoms with E-state index >= 15 is 0 Å². The standard InChI is InChI=1S/C18H32N2O6S2/c1-11(21)19-13(15(23)25-17(3,4)5)9-27-28-10-14(20-12(2)22)16(24)26-18(6,7)8/h13-14H,9-10H2,1-8H3,(H,19,21)(H,20,22). The molecule has 0 aliphatic heterocycles. The van der Waals surface area contributed by atoms with E-state index in [1.807, 2.05) is 0 Å². The Bertz CT molecular complexity index is 519. The number of ether oxygens (including phenoxy) is 2. The van der Waals surface area contributed by atoms with Gasteiger partial charge >= 0.3 is 11.9 Å². The summed E-state index contributed by atoms with van der Waals surface area (Å²) in [5.41, 5.74) is -1.34. The maximum absolute atomic E-state index is 12.2. The highest BCUT2D eigenvalue weighted by Gasteiger charge is 2.28. The molecule has 8 nitrogen and oxygen atoms in total. The van der Waals surface area contributed by atoms with E-state index in [2.05, 4.69) is 10.6 Å². The molecule has 0 saturated heterocycles. The predicted molar refractivity (Wildman–Crippen MR) is 112 cm³/mol. The Labute approximate surface area is 175 Å². The Morgan fingerprint density at radius 2 is 1.00 bits per heavy atom. The van der Waals surface area contributed by atoms with Gasteiger partial charge in [0.05, 0.1) is 0 Å². The van der Waals surface area contributed by atoms with Crippen LogP contribution in [0.25, 0.3) is 0 Å². The normalized spacial score (nSPS) is 13.9. The van der Waals surface area contributed by atoms with Crippen LogP contribution >= 0.6 is 21.6 Å². The highest BCUT2D eigenvalue weighted by atomic mass is 33.1. The van der Waals surface area contributed by atoms with Gasteiger partial charge in [-0.3, -0.25) is 9.59 Å². The molecule has 0 aliphatic carbocycles. The van der Waals surface area contributed by atoms with Gasteiger partial charge in [0, 0.05) is 25.4 Å². The molecule has 0 rings (SSSR count). The largest absolute Gasteiger partial charge is 0.458 e. The molecule has 0 aromatic heterocycles. The van der Waals surface area contributed by atoms with E-state index in [0.717, 1.165) is 0 Å². The molecular formula is C18H32N2O6S2. The van der Waals surface area contributed by atoms with Crippen LogP contribution in [0.5, 0.6) is 0 Å². The quantitative estimate of drug-likeness (QED) is 0.321. The molecule has 162 valence electrons. The summed E-state index contributed by atoms with van der Waals surface area (Å²) in [6.07, 6.45) is 0. The van der Waals surface area contributed by atoms with Gasteiger partial charge < -0.3 is 20.1 Å². The van der Waals surface area contributed by atoms with Gasteiger partial charge in [-0.1, -0.05) is 21.6 Å². The third-order valence-electron chi connectivity index (χ3n) is 2.69. The molecule has 10 heteroatoms. The van der Waals surface area contributed by atoms with Crippen molar-refractivity contribution < 1.29 is 28.7 Å². The fourth-order valence-electron chi connectivity index (χ4n) is 1.81. The van der Waals surface area contributed by atoms with E-state index in [1.165, 1.54) is 35.4 Å². The highest BCUT2D eigenvalue weighted by molar-refractivity contribution is 8.76. The first-order chi connectivity index (χ1) is 12.6. The first-order valence-electron chi connectivity index (χ1n) is 8.85. The van der Waals surface area contributed by atoms with Gasteiger partial charge in [-0.05, 0) is 41.5 Å². The number of amides is 2. The smallest absolute Gasteiger partial charge is 0.330 e. The number of esters is 2. The van der Waals surface area contributed by atoms with Crippen LogP contribution in [-0.2, 0) is 28.7 Å². The molecule has 0 radical (unpaired) electrons. The second kappa shape index (κ2) is 11.5. The Balaban J connectivity index is 4.77. The number of rotatable bonds is 9. The summed E-state index contributed by atoms with van der Waals surface area (Å²) in [5.74, 6) is -1.24. The SMILES string of the molecule is CC(=O)NC(CSSCC(NC(C)=O)C(=O)OC(C)(C)C)C(=O)OC(C)(C)C. The number of carbonyl (C=O) groups is 4. The first-order valence-corrected chi connectivity index (χ1v) is 11.3. The molecule has 0 aromatic rings. The second-order valence-electron chi connectivity index (χ2n) is 8.14. The lowest BCUT2D eigenvalue weighted by Crippen LogP contribution is -2.45. The number of hydrogen-bond donors (Lipinski definition) is 2. The molecular weight excluding hydrogens is 404 g/mol. The zero-order valence-electron chi connectivity index (χ0n) is 17.8.